The van der Waals surface area contributed by atoms with E-state index in [9.17, 15) is 14.7 Å². The summed E-state index contributed by atoms with van der Waals surface area (Å²) < 4.78 is 11.1. The Labute approximate surface area is 176 Å². The van der Waals surface area contributed by atoms with Crippen LogP contribution in [-0.4, -0.2) is 53.6 Å². The van der Waals surface area contributed by atoms with E-state index in [-0.39, 0.29) is 17.4 Å². The molecule has 8 nitrogen and oxygen atoms in total. The molecule has 0 aromatic carbocycles. The van der Waals surface area contributed by atoms with Gasteiger partial charge in [0, 0.05) is 18.5 Å². The van der Waals surface area contributed by atoms with Gasteiger partial charge in [0.05, 0.1) is 30.9 Å². The third-order valence-corrected chi connectivity index (χ3v) is 7.46. The quantitative estimate of drug-likeness (QED) is 0.679. The molecule has 1 amide bonds. The van der Waals surface area contributed by atoms with Crippen LogP contribution in [0, 0.1) is 17.3 Å². The van der Waals surface area contributed by atoms with E-state index in [0.717, 1.165) is 25.0 Å². The van der Waals surface area contributed by atoms with Crippen molar-refractivity contribution in [3.63, 3.8) is 0 Å². The highest BCUT2D eigenvalue weighted by atomic mass is 16.7. The Bertz CT molecular complexity index is 818. The molecule has 5 rings (SSSR count). The van der Waals surface area contributed by atoms with Crippen LogP contribution in [0.5, 0.6) is 0 Å². The summed E-state index contributed by atoms with van der Waals surface area (Å²) in [6, 6.07) is 0. The number of carbonyl (C=O) groups is 2. The molecular formula is C22H30N2O6. The Hall–Kier alpha value is -2.22. The smallest absolute Gasteiger partial charge is 0.432 e. The third-order valence-electron chi connectivity index (χ3n) is 7.46. The van der Waals surface area contributed by atoms with Crippen molar-refractivity contribution in [1.29, 1.82) is 0 Å². The molecule has 2 N–H and O–H groups in total. The van der Waals surface area contributed by atoms with Crippen molar-refractivity contribution in [3.05, 3.63) is 23.6 Å². The van der Waals surface area contributed by atoms with E-state index in [0.29, 0.717) is 38.1 Å². The summed E-state index contributed by atoms with van der Waals surface area (Å²) in [5.41, 5.74) is 0.154. The summed E-state index contributed by atoms with van der Waals surface area (Å²) in [5, 5.41) is 14.6. The molecular weight excluding hydrogens is 388 g/mol. The van der Waals surface area contributed by atoms with Gasteiger partial charge in [0.25, 0.3) is 0 Å². The molecule has 30 heavy (non-hydrogen) atoms. The highest BCUT2D eigenvalue weighted by Gasteiger charge is 2.56. The number of nitrogens with one attached hydrogen (secondary N) is 1. The van der Waals surface area contributed by atoms with Gasteiger partial charge < -0.3 is 24.7 Å². The van der Waals surface area contributed by atoms with Crippen LogP contribution in [0.1, 0.15) is 51.9 Å². The van der Waals surface area contributed by atoms with Crippen molar-refractivity contribution in [2.45, 2.75) is 69.6 Å². The number of methoxy groups -OCH3 is 1. The topological polar surface area (TPSA) is 97.3 Å². The van der Waals surface area contributed by atoms with Crippen molar-refractivity contribution in [2.75, 3.05) is 13.7 Å². The van der Waals surface area contributed by atoms with Crippen LogP contribution in [0.2, 0.25) is 0 Å². The van der Waals surface area contributed by atoms with E-state index in [2.05, 4.69) is 18.3 Å². The minimum Gasteiger partial charge on any atom is -0.493 e. The maximum absolute atomic E-state index is 12.5. The number of esters is 1. The van der Waals surface area contributed by atoms with Gasteiger partial charge in [-0.25, -0.2) is 14.7 Å². The molecule has 2 saturated carbocycles. The van der Waals surface area contributed by atoms with Gasteiger partial charge in [-0.3, -0.25) is 0 Å². The van der Waals surface area contributed by atoms with Crippen molar-refractivity contribution < 1.29 is 29.0 Å². The van der Waals surface area contributed by atoms with Gasteiger partial charge in [-0.05, 0) is 50.0 Å². The Morgan fingerprint density at radius 2 is 2.13 bits per heavy atom. The molecule has 2 fully saturated rings. The van der Waals surface area contributed by atoms with Gasteiger partial charge in [-0.2, -0.15) is 0 Å². The predicted octanol–water partition coefficient (Wildman–Crippen LogP) is 2.39. The molecule has 5 aliphatic rings. The average Bonchev–Trinajstić information content (AvgIpc) is 3.42. The normalized spacial score (nSPS) is 38.0. The fourth-order valence-corrected chi connectivity index (χ4v) is 5.97. The van der Waals surface area contributed by atoms with Crippen molar-refractivity contribution in [1.82, 2.24) is 10.4 Å². The van der Waals surface area contributed by atoms with Crippen LogP contribution in [0.25, 0.3) is 0 Å². The standard InChI is InChI=1S/C22H30N2O6/c1-13-3-4-17-21(11-13)7-8-24(12-14-9-15(25)10-16(29-17)18(14)21)30-20(27)23-22(5-6-22)19(26)28-2/h7-8,13-15,17,25H,3-6,9-12H2,1-2H3,(H,23,27)/t13?,14-,15-,17-,21?/m1/s1. The molecule has 0 aromatic rings. The van der Waals surface area contributed by atoms with Crippen LogP contribution in [-0.2, 0) is 19.1 Å². The van der Waals surface area contributed by atoms with Gasteiger partial charge in [0.2, 0.25) is 0 Å². The average molecular weight is 418 g/mol. The molecule has 1 spiro atoms. The molecule has 2 aliphatic heterocycles. The monoisotopic (exact) mass is 418 g/mol. The number of hydrogen-bond donors (Lipinski definition) is 2. The first kappa shape index (κ1) is 19.7. The van der Waals surface area contributed by atoms with E-state index >= 15 is 0 Å². The first-order valence-corrected chi connectivity index (χ1v) is 11.0. The molecule has 8 heteroatoms. The second-order valence-corrected chi connectivity index (χ2v) is 9.65. The summed E-state index contributed by atoms with van der Waals surface area (Å²) in [5.74, 6) is 1.13. The Morgan fingerprint density at radius 1 is 1.33 bits per heavy atom. The molecule has 0 aromatic heterocycles. The molecule has 0 radical (unpaired) electrons. The van der Waals surface area contributed by atoms with E-state index in [4.69, 9.17) is 14.3 Å². The van der Waals surface area contributed by atoms with Crippen LogP contribution < -0.4 is 5.32 Å². The van der Waals surface area contributed by atoms with Gasteiger partial charge in [0.1, 0.15) is 11.6 Å². The lowest BCUT2D eigenvalue weighted by Crippen LogP contribution is -2.46. The number of carbonyl (C=O) groups excluding carboxylic acids is 2. The molecule has 2 unspecified atom stereocenters. The number of rotatable bonds is 3. The number of amides is 1. The third kappa shape index (κ3) is 3.07. The summed E-state index contributed by atoms with van der Waals surface area (Å²) in [6.07, 6.45) is 8.38. The maximum atomic E-state index is 12.5. The first-order valence-electron chi connectivity index (χ1n) is 11.0. The second-order valence-electron chi connectivity index (χ2n) is 9.65. The number of aliphatic hydroxyl groups excluding tert-OH is 1. The lowest BCUT2D eigenvalue weighted by Gasteiger charge is -2.41. The van der Waals surface area contributed by atoms with E-state index in [1.165, 1.54) is 12.7 Å². The zero-order chi connectivity index (χ0) is 21.1. The summed E-state index contributed by atoms with van der Waals surface area (Å²) in [6.45, 7) is 2.73. The Morgan fingerprint density at radius 3 is 2.87 bits per heavy atom. The summed E-state index contributed by atoms with van der Waals surface area (Å²) in [7, 11) is 1.31. The van der Waals surface area contributed by atoms with Crippen LogP contribution in [0.4, 0.5) is 4.79 Å². The lowest BCUT2D eigenvalue weighted by molar-refractivity contribution is -0.144. The van der Waals surface area contributed by atoms with E-state index in [1.54, 1.807) is 5.06 Å². The number of aliphatic hydroxyl groups is 1. The van der Waals surface area contributed by atoms with Crippen molar-refractivity contribution in [3.8, 4) is 0 Å². The SMILES string of the molecule is COC(=O)C1(NC(=O)ON2C=CC34CC(C)CC[C@H]3OC3=C4[C@H](C[C@@H](O)C3)C2)CC1. The second kappa shape index (κ2) is 6.90. The number of ether oxygens (including phenoxy) is 2. The molecule has 164 valence electrons. The summed E-state index contributed by atoms with van der Waals surface area (Å²) >= 11 is 0. The van der Waals surface area contributed by atoms with Crippen molar-refractivity contribution in [2.24, 2.45) is 17.3 Å². The highest BCUT2D eigenvalue weighted by molar-refractivity contribution is 5.88. The van der Waals surface area contributed by atoms with Crippen LogP contribution in [0.15, 0.2) is 23.6 Å². The highest BCUT2D eigenvalue weighted by Crippen LogP contribution is 2.59. The van der Waals surface area contributed by atoms with Gasteiger partial charge in [-0.15, -0.1) is 0 Å². The Kier molecular flexibility index (Phi) is 4.54. The molecule has 0 bridgehead atoms. The van der Waals surface area contributed by atoms with Gasteiger partial charge >= 0.3 is 12.1 Å². The predicted molar refractivity (Wildman–Crippen MR) is 106 cm³/mol. The first-order chi connectivity index (χ1) is 14.3. The zero-order valence-electron chi connectivity index (χ0n) is 17.6. The molecule has 0 saturated heterocycles. The Balaban J connectivity index is 1.38. The number of nitrogens with zero attached hydrogens (tertiary/aromatic N) is 1. The maximum Gasteiger partial charge on any atom is 0.432 e. The van der Waals surface area contributed by atoms with Crippen LogP contribution >= 0.6 is 0 Å². The van der Waals surface area contributed by atoms with E-state index < -0.39 is 23.7 Å². The molecule has 2 heterocycles. The largest absolute Gasteiger partial charge is 0.493 e. The van der Waals surface area contributed by atoms with Gasteiger partial charge in [-0.1, -0.05) is 13.0 Å². The molecule has 5 atom stereocenters. The van der Waals surface area contributed by atoms with Crippen molar-refractivity contribution >= 4 is 12.1 Å². The number of hydroxylamine groups is 2. The summed E-state index contributed by atoms with van der Waals surface area (Å²) in [4.78, 5) is 30.0. The van der Waals surface area contributed by atoms with E-state index in [1.807, 2.05) is 6.20 Å². The minimum absolute atomic E-state index is 0.0531. The zero-order valence-corrected chi connectivity index (χ0v) is 17.6. The lowest BCUT2D eigenvalue weighted by atomic mass is 9.61. The fraction of sp³-hybridized carbons (Fsp3) is 0.727. The minimum atomic E-state index is -0.953. The fourth-order valence-electron chi connectivity index (χ4n) is 5.97. The van der Waals surface area contributed by atoms with Gasteiger partial charge in [0.15, 0.2) is 0 Å². The number of hydrogen-bond acceptors (Lipinski definition) is 7. The van der Waals surface area contributed by atoms with Crippen LogP contribution in [0.3, 0.4) is 0 Å². The molecule has 3 aliphatic carbocycles.